The highest BCUT2D eigenvalue weighted by Crippen LogP contribution is 2.32. The lowest BCUT2D eigenvalue weighted by Crippen LogP contribution is -2.36. The Balaban J connectivity index is 1.98. The highest BCUT2D eigenvalue weighted by molar-refractivity contribution is 9.10. The van der Waals surface area contributed by atoms with Crippen LogP contribution in [0.25, 0.3) is 10.2 Å². The SMILES string of the molecule is CSc1ccc2nc(N(CCN(C)C)C(=O)c3cccc(Br)c3)sc2c1. The number of halogens is 1. The molecule has 136 valence electrons. The Morgan fingerprint density at radius 1 is 1.19 bits per heavy atom. The van der Waals surface area contributed by atoms with E-state index in [1.807, 2.05) is 44.4 Å². The van der Waals surface area contributed by atoms with Gasteiger partial charge in [0, 0.05) is 28.0 Å². The van der Waals surface area contributed by atoms with Crippen molar-refractivity contribution in [2.24, 2.45) is 0 Å². The van der Waals surface area contributed by atoms with E-state index in [0.29, 0.717) is 12.1 Å². The molecule has 0 unspecified atom stereocenters. The summed E-state index contributed by atoms with van der Waals surface area (Å²) < 4.78 is 1.99. The van der Waals surface area contributed by atoms with E-state index in [-0.39, 0.29) is 5.91 Å². The number of hydrogen-bond donors (Lipinski definition) is 0. The number of likely N-dealkylation sites (N-methyl/N-ethyl adjacent to an activating group) is 1. The second-order valence-electron chi connectivity index (χ2n) is 6.10. The van der Waals surface area contributed by atoms with Gasteiger partial charge in [0.2, 0.25) is 0 Å². The molecule has 0 atom stereocenters. The predicted molar refractivity (Wildman–Crippen MR) is 116 cm³/mol. The number of thiazole rings is 1. The van der Waals surface area contributed by atoms with Gasteiger partial charge < -0.3 is 4.90 Å². The molecule has 0 saturated heterocycles. The summed E-state index contributed by atoms with van der Waals surface area (Å²) >= 11 is 6.72. The van der Waals surface area contributed by atoms with E-state index in [2.05, 4.69) is 39.2 Å². The number of benzene rings is 2. The summed E-state index contributed by atoms with van der Waals surface area (Å²) in [5.41, 5.74) is 1.59. The van der Waals surface area contributed by atoms with E-state index in [0.717, 1.165) is 26.4 Å². The summed E-state index contributed by atoms with van der Waals surface area (Å²) in [6, 6.07) is 13.7. The molecule has 1 amide bonds. The van der Waals surface area contributed by atoms with Gasteiger partial charge in [0.15, 0.2) is 5.13 Å². The molecular formula is C19H20BrN3OS2. The highest BCUT2D eigenvalue weighted by Gasteiger charge is 2.21. The van der Waals surface area contributed by atoms with Crippen molar-refractivity contribution in [1.82, 2.24) is 9.88 Å². The molecule has 26 heavy (non-hydrogen) atoms. The fraction of sp³-hybridized carbons (Fsp3) is 0.263. The van der Waals surface area contributed by atoms with Crippen molar-refractivity contribution in [1.29, 1.82) is 0 Å². The van der Waals surface area contributed by atoms with Crippen LogP contribution >= 0.6 is 39.0 Å². The Morgan fingerprint density at radius 3 is 2.69 bits per heavy atom. The fourth-order valence-electron chi connectivity index (χ4n) is 2.50. The minimum atomic E-state index is -0.0303. The lowest BCUT2D eigenvalue weighted by molar-refractivity contribution is 0.0985. The van der Waals surface area contributed by atoms with E-state index in [1.165, 1.54) is 4.90 Å². The van der Waals surface area contributed by atoms with Gasteiger partial charge in [-0.2, -0.15) is 0 Å². The zero-order valence-corrected chi connectivity index (χ0v) is 18.1. The summed E-state index contributed by atoms with van der Waals surface area (Å²) in [4.78, 5) is 22.9. The van der Waals surface area contributed by atoms with Crippen LogP contribution in [0.5, 0.6) is 0 Å². The summed E-state index contributed by atoms with van der Waals surface area (Å²) in [6.45, 7) is 1.36. The van der Waals surface area contributed by atoms with Crippen molar-refractivity contribution in [2.75, 3.05) is 38.3 Å². The van der Waals surface area contributed by atoms with Crippen molar-refractivity contribution < 1.29 is 4.79 Å². The predicted octanol–water partition coefficient (Wildman–Crippen LogP) is 4.99. The molecule has 0 fully saturated rings. The fourth-order valence-corrected chi connectivity index (χ4v) is 4.44. The van der Waals surface area contributed by atoms with Gasteiger partial charge >= 0.3 is 0 Å². The molecule has 1 heterocycles. The third-order valence-electron chi connectivity index (χ3n) is 3.90. The first-order chi connectivity index (χ1) is 12.5. The molecule has 3 rings (SSSR count). The highest BCUT2D eigenvalue weighted by atomic mass is 79.9. The molecule has 0 saturated carbocycles. The van der Waals surface area contributed by atoms with E-state index in [1.54, 1.807) is 28.0 Å². The Bertz CT molecular complexity index is 926. The number of anilines is 1. The van der Waals surface area contributed by atoms with Crippen LogP contribution in [0, 0.1) is 0 Å². The van der Waals surface area contributed by atoms with Gasteiger partial charge in [-0.25, -0.2) is 4.98 Å². The molecule has 1 aromatic heterocycles. The topological polar surface area (TPSA) is 36.4 Å². The number of carbonyl (C=O) groups is 1. The van der Waals surface area contributed by atoms with Gasteiger partial charge in [0.05, 0.1) is 10.2 Å². The van der Waals surface area contributed by atoms with Crippen LogP contribution in [0.1, 0.15) is 10.4 Å². The molecule has 2 aromatic carbocycles. The lowest BCUT2D eigenvalue weighted by atomic mass is 10.2. The zero-order chi connectivity index (χ0) is 18.7. The first kappa shape index (κ1) is 19.4. The maximum atomic E-state index is 13.2. The van der Waals surface area contributed by atoms with Crippen molar-refractivity contribution in [3.05, 3.63) is 52.5 Å². The van der Waals surface area contributed by atoms with Crippen LogP contribution in [0.15, 0.2) is 51.8 Å². The first-order valence-electron chi connectivity index (χ1n) is 8.14. The number of fused-ring (bicyclic) bond motifs is 1. The van der Waals surface area contributed by atoms with Gasteiger partial charge in [-0.3, -0.25) is 9.69 Å². The number of rotatable bonds is 6. The molecular weight excluding hydrogens is 430 g/mol. The first-order valence-corrected chi connectivity index (χ1v) is 11.0. The Kier molecular flexibility index (Phi) is 6.34. The summed E-state index contributed by atoms with van der Waals surface area (Å²) in [7, 11) is 4.01. The maximum Gasteiger partial charge on any atom is 0.260 e. The monoisotopic (exact) mass is 449 g/mol. The number of aromatic nitrogens is 1. The van der Waals surface area contributed by atoms with E-state index < -0.39 is 0 Å². The minimum Gasteiger partial charge on any atom is -0.308 e. The molecule has 4 nitrogen and oxygen atoms in total. The van der Waals surface area contributed by atoms with Crippen molar-refractivity contribution >= 4 is 60.3 Å². The minimum absolute atomic E-state index is 0.0303. The number of hydrogen-bond acceptors (Lipinski definition) is 5. The van der Waals surface area contributed by atoms with Gasteiger partial charge in [-0.05, 0) is 56.7 Å². The van der Waals surface area contributed by atoms with Gasteiger partial charge in [-0.1, -0.05) is 33.3 Å². The van der Waals surface area contributed by atoms with Crippen molar-refractivity contribution in [2.45, 2.75) is 4.90 Å². The third-order valence-corrected chi connectivity index (χ3v) is 6.16. The molecule has 0 aliphatic carbocycles. The molecule has 7 heteroatoms. The van der Waals surface area contributed by atoms with Crippen LogP contribution in [-0.4, -0.2) is 49.2 Å². The number of amides is 1. The largest absolute Gasteiger partial charge is 0.308 e. The number of thioether (sulfide) groups is 1. The molecule has 0 N–H and O–H groups in total. The quantitative estimate of drug-likeness (QED) is 0.496. The Hall–Kier alpha value is -1.41. The summed E-state index contributed by atoms with van der Waals surface area (Å²) in [6.07, 6.45) is 2.06. The van der Waals surface area contributed by atoms with Crippen LogP contribution in [0.3, 0.4) is 0 Å². The van der Waals surface area contributed by atoms with Crippen LogP contribution in [0.4, 0.5) is 5.13 Å². The summed E-state index contributed by atoms with van der Waals surface area (Å²) in [5.74, 6) is -0.0303. The molecule has 0 radical (unpaired) electrons. The van der Waals surface area contributed by atoms with Crippen molar-refractivity contribution in [3.8, 4) is 0 Å². The Morgan fingerprint density at radius 2 is 2.00 bits per heavy atom. The summed E-state index contributed by atoms with van der Waals surface area (Å²) in [5, 5.41) is 0.741. The number of carbonyl (C=O) groups excluding carboxylic acids is 1. The normalized spacial score (nSPS) is 11.3. The average molecular weight is 450 g/mol. The molecule has 0 aliphatic rings. The average Bonchev–Trinajstić information content (AvgIpc) is 3.04. The Labute approximate surface area is 170 Å². The molecule has 0 spiro atoms. The van der Waals surface area contributed by atoms with Crippen LogP contribution < -0.4 is 4.90 Å². The van der Waals surface area contributed by atoms with E-state index in [9.17, 15) is 4.79 Å². The second-order valence-corrected chi connectivity index (χ2v) is 8.90. The van der Waals surface area contributed by atoms with Gasteiger partial charge in [0.25, 0.3) is 5.91 Å². The second kappa shape index (κ2) is 8.52. The third kappa shape index (κ3) is 4.46. The molecule has 0 aliphatic heterocycles. The number of nitrogens with zero attached hydrogens (tertiary/aromatic N) is 3. The maximum absolute atomic E-state index is 13.2. The van der Waals surface area contributed by atoms with Crippen molar-refractivity contribution in [3.63, 3.8) is 0 Å². The smallest absolute Gasteiger partial charge is 0.260 e. The van der Waals surface area contributed by atoms with Gasteiger partial charge in [-0.15, -0.1) is 11.8 Å². The zero-order valence-electron chi connectivity index (χ0n) is 14.9. The van der Waals surface area contributed by atoms with Crippen LogP contribution in [0.2, 0.25) is 0 Å². The standard InChI is InChI=1S/C19H20BrN3OS2/c1-22(2)9-10-23(18(24)13-5-4-6-14(20)11-13)19-21-16-8-7-15(25-3)12-17(16)26-19/h4-8,11-12H,9-10H2,1-3H3. The van der Waals surface area contributed by atoms with Crippen LogP contribution in [-0.2, 0) is 0 Å². The van der Waals surface area contributed by atoms with E-state index >= 15 is 0 Å². The molecule has 3 aromatic rings. The van der Waals surface area contributed by atoms with E-state index in [4.69, 9.17) is 4.98 Å². The van der Waals surface area contributed by atoms with Gasteiger partial charge in [0.1, 0.15) is 0 Å². The molecule has 0 bridgehead atoms. The lowest BCUT2D eigenvalue weighted by Gasteiger charge is -2.22.